The molecule has 26 heavy (non-hydrogen) atoms. The Kier molecular flexibility index (Phi) is 6.09. The smallest absolute Gasteiger partial charge is 0.233 e. The number of likely N-dealkylation sites (tertiary alicyclic amines) is 1. The topological polar surface area (TPSA) is 71.1 Å². The van der Waals surface area contributed by atoms with Gasteiger partial charge in [-0.15, -0.1) is 5.10 Å². The van der Waals surface area contributed by atoms with Crippen molar-refractivity contribution in [1.29, 1.82) is 0 Å². The van der Waals surface area contributed by atoms with E-state index >= 15 is 0 Å². The lowest BCUT2D eigenvalue weighted by molar-refractivity contribution is -0.134. The first-order chi connectivity index (χ1) is 12.5. The van der Waals surface area contributed by atoms with Crippen molar-refractivity contribution in [2.75, 3.05) is 12.9 Å². The molecule has 2 aromatic rings. The fraction of sp³-hybridized carbons (Fsp3) is 0.500. The normalized spacial score (nSPS) is 20.2. The Morgan fingerprint density at radius 1 is 1.38 bits per heavy atom. The molecule has 1 aliphatic rings. The zero-order valence-electron chi connectivity index (χ0n) is 15.2. The van der Waals surface area contributed by atoms with Gasteiger partial charge in [0, 0.05) is 17.1 Å². The molecule has 1 aromatic carbocycles. The number of hydrogen-bond donors (Lipinski definition) is 1. The third-order valence-corrected chi connectivity index (χ3v) is 5.75. The molecule has 0 aliphatic carbocycles. The molecule has 2 heterocycles. The first-order valence-electron chi connectivity index (χ1n) is 8.70. The van der Waals surface area contributed by atoms with E-state index in [0.29, 0.717) is 39.6 Å². The number of rotatable bonds is 5. The molecule has 1 aliphatic heterocycles. The number of nitrogens with zero attached hydrogens (tertiary/aromatic N) is 3. The number of aromatic amines is 1. The Balaban J connectivity index is 1.67. The quantitative estimate of drug-likeness (QED) is 0.775. The number of amides is 1. The van der Waals surface area contributed by atoms with E-state index in [-0.39, 0.29) is 5.91 Å². The fourth-order valence-corrected chi connectivity index (χ4v) is 4.25. The molecule has 0 unspecified atom stereocenters. The number of aromatic nitrogens is 3. The molecule has 1 N–H and O–H groups in total. The number of H-pyrrole nitrogens is 1. The van der Waals surface area contributed by atoms with Gasteiger partial charge >= 0.3 is 0 Å². The molecule has 140 valence electrons. The van der Waals surface area contributed by atoms with Crippen LogP contribution in [0.25, 0.3) is 11.4 Å². The number of ether oxygens (including phenoxy) is 1. The lowest BCUT2D eigenvalue weighted by Crippen LogP contribution is -2.48. The number of thioether (sulfide) groups is 1. The van der Waals surface area contributed by atoms with E-state index < -0.39 is 0 Å². The van der Waals surface area contributed by atoms with Gasteiger partial charge < -0.3 is 9.64 Å². The van der Waals surface area contributed by atoms with Crippen molar-refractivity contribution in [2.45, 2.75) is 50.4 Å². The zero-order valence-corrected chi connectivity index (χ0v) is 16.7. The van der Waals surface area contributed by atoms with Gasteiger partial charge in [-0.25, -0.2) is 4.98 Å². The highest BCUT2D eigenvalue weighted by Crippen LogP contribution is 2.31. The van der Waals surface area contributed by atoms with Gasteiger partial charge in [-0.3, -0.25) is 9.89 Å². The van der Waals surface area contributed by atoms with Crippen molar-refractivity contribution >= 4 is 29.3 Å². The molecule has 0 saturated carbocycles. The van der Waals surface area contributed by atoms with Crippen LogP contribution < -0.4 is 4.74 Å². The summed E-state index contributed by atoms with van der Waals surface area (Å²) >= 11 is 7.41. The van der Waals surface area contributed by atoms with Crippen molar-refractivity contribution in [3.8, 4) is 17.1 Å². The lowest BCUT2D eigenvalue weighted by Gasteiger charge is -2.39. The summed E-state index contributed by atoms with van der Waals surface area (Å²) in [6.45, 7) is 4.24. The summed E-state index contributed by atoms with van der Waals surface area (Å²) in [4.78, 5) is 19.1. The van der Waals surface area contributed by atoms with Gasteiger partial charge in [-0.2, -0.15) is 0 Å². The van der Waals surface area contributed by atoms with Crippen LogP contribution >= 0.6 is 23.4 Å². The predicted octanol–water partition coefficient (Wildman–Crippen LogP) is 4.02. The van der Waals surface area contributed by atoms with Crippen LogP contribution in [0.5, 0.6) is 5.75 Å². The fourth-order valence-electron chi connectivity index (χ4n) is 3.41. The second kappa shape index (κ2) is 8.31. The summed E-state index contributed by atoms with van der Waals surface area (Å²) in [7, 11) is 1.60. The molecule has 0 spiro atoms. The summed E-state index contributed by atoms with van der Waals surface area (Å²) in [6, 6.07) is 5.92. The summed E-state index contributed by atoms with van der Waals surface area (Å²) < 4.78 is 5.35. The number of carbonyl (C=O) groups is 1. The highest BCUT2D eigenvalue weighted by Gasteiger charge is 2.28. The van der Waals surface area contributed by atoms with Crippen molar-refractivity contribution in [3.05, 3.63) is 23.2 Å². The van der Waals surface area contributed by atoms with Crippen molar-refractivity contribution < 1.29 is 9.53 Å². The largest absolute Gasteiger partial charge is 0.496 e. The van der Waals surface area contributed by atoms with Crippen LogP contribution in [-0.2, 0) is 4.79 Å². The monoisotopic (exact) mass is 394 g/mol. The number of hydrogen-bond acceptors (Lipinski definition) is 5. The van der Waals surface area contributed by atoms with Crippen molar-refractivity contribution in [3.63, 3.8) is 0 Å². The Bertz CT molecular complexity index is 772. The number of methoxy groups -OCH3 is 1. The van der Waals surface area contributed by atoms with E-state index in [1.54, 1.807) is 25.3 Å². The summed E-state index contributed by atoms with van der Waals surface area (Å²) in [5.41, 5.74) is 0.740. The Morgan fingerprint density at radius 3 is 2.81 bits per heavy atom. The minimum atomic E-state index is 0.140. The average Bonchev–Trinajstić information content (AvgIpc) is 3.08. The van der Waals surface area contributed by atoms with E-state index in [4.69, 9.17) is 16.3 Å². The maximum atomic E-state index is 12.6. The molecular formula is C18H23ClN4O2S. The zero-order chi connectivity index (χ0) is 18.7. The van der Waals surface area contributed by atoms with E-state index in [1.807, 2.05) is 4.90 Å². The van der Waals surface area contributed by atoms with Crippen LogP contribution in [0.15, 0.2) is 23.4 Å². The van der Waals surface area contributed by atoms with Crippen LogP contribution in [0, 0.1) is 0 Å². The Morgan fingerprint density at radius 2 is 2.12 bits per heavy atom. The molecular weight excluding hydrogens is 372 g/mol. The van der Waals surface area contributed by atoms with Crippen molar-refractivity contribution in [1.82, 2.24) is 20.1 Å². The van der Waals surface area contributed by atoms with Gasteiger partial charge in [0.15, 0.2) is 5.82 Å². The van der Waals surface area contributed by atoms with Crippen LogP contribution in [0.4, 0.5) is 0 Å². The molecule has 1 fully saturated rings. The van der Waals surface area contributed by atoms with E-state index in [9.17, 15) is 4.79 Å². The number of halogens is 1. The maximum Gasteiger partial charge on any atom is 0.233 e. The molecule has 1 saturated heterocycles. The summed E-state index contributed by atoms with van der Waals surface area (Å²) in [5.74, 6) is 1.70. The summed E-state index contributed by atoms with van der Waals surface area (Å²) in [5, 5.41) is 8.24. The van der Waals surface area contributed by atoms with E-state index in [0.717, 1.165) is 18.4 Å². The van der Waals surface area contributed by atoms with Crippen LogP contribution in [0.2, 0.25) is 5.02 Å². The third-order valence-electron chi connectivity index (χ3n) is 4.69. The second-order valence-corrected chi connectivity index (χ2v) is 7.91. The number of carbonyl (C=O) groups excluding carboxylic acids is 1. The molecule has 6 nitrogen and oxygen atoms in total. The van der Waals surface area contributed by atoms with Gasteiger partial charge in [0.2, 0.25) is 11.1 Å². The molecule has 3 rings (SSSR count). The lowest BCUT2D eigenvalue weighted by atomic mass is 9.98. The molecule has 0 radical (unpaired) electrons. The summed E-state index contributed by atoms with van der Waals surface area (Å²) in [6.07, 6.45) is 3.32. The molecule has 1 aromatic heterocycles. The standard InChI is InChI=1S/C18H23ClN4O2S/c1-11-5-4-6-12(2)23(11)16(24)10-26-18-20-17(21-22-18)14-9-13(19)7-8-15(14)25-3/h7-9,11-12H,4-6,10H2,1-3H3,(H,20,21,22)/t11-,12-/m1/s1. The number of benzene rings is 1. The predicted molar refractivity (Wildman–Crippen MR) is 104 cm³/mol. The van der Waals surface area contributed by atoms with Gasteiger partial charge in [-0.1, -0.05) is 23.4 Å². The molecule has 8 heteroatoms. The third kappa shape index (κ3) is 4.15. The van der Waals surface area contributed by atoms with Gasteiger partial charge in [0.05, 0.1) is 18.4 Å². The van der Waals surface area contributed by atoms with Crippen molar-refractivity contribution in [2.24, 2.45) is 0 Å². The van der Waals surface area contributed by atoms with Gasteiger partial charge in [0.1, 0.15) is 5.75 Å². The van der Waals surface area contributed by atoms with E-state index in [2.05, 4.69) is 29.0 Å². The highest BCUT2D eigenvalue weighted by atomic mass is 35.5. The van der Waals surface area contributed by atoms with Gasteiger partial charge in [0.25, 0.3) is 0 Å². The first kappa shape index (κ1) is 19.0. The van der Waals surface area contributed by atoms with E-state index in [1.165, 1.54) is 18.2 Å². The Hall–Kier alpha value is -1.73. The maximum absolute atomic E-state index is 12.6. The minimum Gasteiger partial charge on any atom is -0.496 e. The van der Waals surface area contributed by atoms with Crippen LogP contribution in [-0.4, -0.2) is 50.9 Å². The first-order valence-corrected chi connectivity index (χ1v) is 10.1. The SMILES string of the molecule is COc1ccc(Cl)cc1-c1nc(SCC(=O)N2[C@H](C)CCC[C@H]2C)n[nH]1. The Labute approximate surface area is 162 Å². The highest BCUT2D eigenvalue weighted by molar-refractivity contribution is 7.99. The average molecular weight is 395 g/mol. The second-order valence-electron chi connectivity index (χ2n) is 6.53. The van der Waals surface area contributed by atoms with Gasteiger partial charge in [-0.05, 0) is 51.3 Å². The molecule has 1 amide bonds. The van der Waals surface area contributed by atoms with Crippen LogP contribution in [0.1, 0.15) is 33.1 Å². The molecule has 0 bridgehead atoms. The minimum absolute atomic E-state index is 0.140. The number of nitrogens with one attached hydrogen (secondary N) is 1. The number of piperidine rings is 1. The molecule has 2 atom stereocenters. The van der Waals surface area contributed by atoms with Crippen LogP contribution in [0.3, 0.4) is 0 Å².